The van der Waals surface area contributed by atoms with Crippen molar-refractivity contribution in [3.05, 3.63) is 30.1 Å². The molecule has 4 nitrogen and oxygen atoms in total. The minimum Gasteiger partial charge on any atom is -0.333 e. The smallest absolute Gasteiger partial charge is 0.318 e. The molecule has 1 aliphatic rings. The highest BCUT2D eigenvalue weighted by molar-refractivity contribution is 5.75. The molecular formula is C14H21N3O. The highest BCUT2D eigenvalue weighted by atomic mass is 16.2. The first-order valence-corrected chi connectivity index (χ1v) is 6.43. The molecule has 18 heavy (non-hydrogen) atoms. The maximum atomic E-state index is 12.2. The van der Waals surface area contributed by atoms with Gasteiger partial charge in [0.1, 0.15) is 0 Å². The van der Waals surface area contributed by atoms with Crippen molar-refractivity contribution in [2.45, 2.75) is 51.7 Å². The maximum Gasteiger partial charge on any atom is 0.318 e. The Bertz CT molecular complexity index is 407. The molecule has 1 aromatic heterocycles. The molecule has 4 heteroatoms. The van der Waals surface area contributed by atoms with E-state index in [-0.39, 0.29) is 11.6 Å². The molecule has 2 amide bonds. The monoisotopic (exact) mass is 247 g/mol. The minimum atomic E-state index is -0.195. The lowest BCUT2D eigenvalue weighted by Gasteiger charge is -2.28. The Morgan fingerprint density at radius 2 is 2.22 bits per heavy atom. The number of pyridine rings is 1. The van der Waals surface area contributed by atoms with Crippen molar-refractivity contribution in [3.8, 4) is 0 Å². The van der Waals surface area contributed by atoms with E-state index in [1.807, 2.05) is 44.0 Å². The van der Waals surface area contributed by atoms with Crippen LogP contribution >= 0.6 is 0 Å². The second kappa shape index (κ2) is 4.96. The summed E-state index contributed by atoms with van der Waals surface area (Å²) < 4.78 is 0. The SMILES string of the molecule is CC(C)(C)NC(=O)N(Cc1cccnc1)C1CC1. The third-order valence-electron chi connectivity index (χ3n) is 2.81. The van der Waals surface area contributed by atoms with Crippen LogP contribution in [0.4, 0.5) is 4.79 Å². The Morgan fingerprint density at radius 1 is 1.50 bits per heavy atom. The first kappa shape index (κ1) is 12.9. The predicted molar refractivity (Wildman–Crippen MR) is 71.1 cm³/mol. The zero-order valence-electron chi connectivity index (χ0n) is 11.3. The summed E-state index contributed by atoms with van der Waals surface area (Å²) in [5.74, 6) is 0. The Labute approximate surface area is 108 Å². The van der Waals surface area contributed by atoms with Gasteiger partial charge in [-0.1, -0.05) is 6.07 Å². The maximum absolute atomic E-state index is 12.2. The summed E-state index contributed by atoms with van der Waals surface area (Å²) in [6.07, 6.45) is 5.79. The lowest BCUT2D eigenvalue weighted by atomic mass is 10.1. The van der Waals surface area contributed by atoms with E-state index in [0.717, 1.165) is 18.4 Å². The normalized spacial score (nSPS) is 15.3. The van der Waals surface area contributed by atoms with Crippen LogP contribution in [0, 0.1) is 0 Å². The van der Waals surface area contributed by atoms with Crippen LogP contribution in [0.15, 0.2) is 24.5 Å². The Hall–Kier alpha value is -1.58. The molecule has 0 radical (unpaired) electrons. The van der Waals surface area contributed by atoms with Gasteiger partial charge in [0.25, 0.3) is 0 Å². The van der Waals surface area contributed by atoms with E-state index in [4.69, 9.17) is 0 Å². The predicted octanol–water partition coefficient (Wildman–Crippen LogP) is 2.55. The van der Waals surface area contributed by atoms with Gasteiger partial charge in [-0.05, 0) is 45.2 Å². The fourth-order valence-corrected chi connectivity index (χ4v) is 1.83. The van der Waals surface area contributed by atoms with Crippen LogP contribution in [0.5, 0.6) is 0 Å². The molecule has 1 heterocycles. The summed E-state index contributed by atoms with van der Waals surface area (Å²) in [5.41, 5.74) is 0.882. The molecule has 0 bridgehead atoms. The number of urea groups is 1. The molecule has 1 saturated carbocycles. The summed E-state index contributed by atoms with van der Waals surface area (Å²) in [4.78, 5) is 18.3. The molecule has 0 atom stereocenters. The number of carbonyl (C=O) groups excluding carboxylic acids is 1. The Morgan fingerprint density at radius 3 is 2.72 bits per heavy atom. The van der Waals surface area contributed by atoms with Gasteiger partial charge in [-0.2, -0.15) is 0 Å². The van der Waals surface area contributed by atoms with Crippen molar-refractivity contribution in [1.82, 2.24) is 15.2 Å². The zero-order valence-corrected chi connectivity index (χ0v) is 11.3. The van der Waals surface area contributed by atoms with Crippen molar-refractivity contribution >= 4 is 6.03 Å². The number of amides is 2. The number of hydrogen-bond donors (Lipinski definition) is 1. The highest BCUT2D eigenvalue weighted by Gasteiger charge is 2.33. The van der Waals surface area contributed by atoms with Gasteiger partial charge >= 0.3 is 6.03 Å². The first-order chi connectivity index (χ1) is 8.46. The van der Waals surface area contributed by atoms with Crippen LogP contribution in [0.2, 0.25) is 0 Å². The lowest BCUT2D eigenvalue weighted by Crippen LogP contribution is -2.49. The minimum absolute atomic E-state index is 0.0221. The molecule has 1 aromatic rings. The fraction of sp³-hybridized carbons (Fsp3) is 0.571. The van der Waals surface area contributed by atoms with E-state index in [1.54, 1.807) is 6.20 Å². The fourth-order valence-electron chi connectivity index (χ4n) is 1.83. The molecule has 0 spiro atoms. The first-order valence-electron chi connectivity index (χ1n) is 6.43. The van der Waals surface area contributed by atoms with Crippen molar-refractivity contribution in [2.75, 3.05) is 0 Å². The average molecular weight is 247 g/mol. The van der Waals surface area contributed by atoms with Gasteiger partial charge in [-0.15, -0.1) is 0 Å². The summed E-state index contributed by atoms with van der Waals surface area (Å²) in [6.45, 7) is 6.64. The van der Waals surface area contributed by atoms with E-state index in [9.17, 15) is 4.79 Å². The van der Waals surface area contributed by atoms with Crippen LogP contribution in [0.1, 0.15) is 39.2 Å². The third-order valence-corrected chi connectivity index (χ3v) is 2.81. The van der Waals surface area contributed by atoms with E-state index in [2.05, 4.69) is 10.3 Å². The van der Waals surface area contributed by atoms with Crippen LogP contribution in [0.3, 0.4) is 0 Å². The second-order valence-electron chi connectivity index (χ2n) is 5.90. The largest absolute Gasteiger partial charge is 0.333 e. The molecule has 98 valence electrons. The van der Waals surface area contributed by atoms with Crippen molar-refractivity contribution in [2.24, 2.45) is 0 Å². The van der Waals surface area contributed by atoms with Crippen LogP contribution in [-0.4, -0.2) is 27.5 Å². The van der Waals surface area contributed by atoms with Gasteiger partial charge in [-0.3, -0.25) is 4.98 Å². The van der Waals surface area contributed by atoms with E-state index >= 15 is 0 Å². The van der Waals surface area contributed by atoms with E-state index in [1.165, 1.54) is 0 Å². The molecule has 0 saturated heterocycles. The van der Waals surface area contributed by atoms with Gasteiger partial charge in [0, 0.05) is 30.5 Å². The van der Waals surface area contributed by atoms with Gasteiger partial charge < -0.3 is 10.2 Å². The number of aromatic nitrogens is 1. The van der Waals surface area contributed by atoms with Gasteiger partial charge in [0.05, 0.1) is 0 Å². The van der Waals surface area contributed by atoms with E-state index in [0.29, 0.717) is 12.6 Å². The number of carbonyl (C=O) groups is 1. The molecule has 1 N–H and O–H groups in total. The Kier molecular flexibility index (Phi) is 3.55. The van der Waals surface area contributed by atoms with Crippen molar-refractivity contribution in [1.29, 1.82) is 0 Å². The number of rotatable bonds is 3. The number of nitrogens with one attached hydrogen (secondary N) is 1. The third kappa shape index (κ3) is 3.72. The number of hydrogen-bond acceptors (Lipinski definition) is 2. The molecular weight excluding hydrogens is 226 g/mol. The summed E-state index contributed by atoms with van der Waals surface area (Å²) in [5, 5.41) is 3.03. The summed E-state index contributed by atoms with van der Waals surface area (Å²) in [7, 11) is 0. The van der Waals surface area contributed by atoms with Gasteiger partial charge in [-0.25, -0.2) is 4.79 Å². The summed E-state index contributed by atoms with van der Waals surface area (Å²) in [6, 6.07) is 4.33. The lowest BCUT2D eigenvalue weighted by molar-refractivity contribution is 0.183. The van der Waals surface area contributed by atoms with Crippen LogP contribution < -0.4 is 5.32 Å². The standard InChI is InChI=1S/C14H21N3O/c1-14(2,3)16-13(18)17(12-6-7-12)10-11-5-4-8-15-9-11/h4-5,8-9,12H,6-7,10H2,1-3H3,(H,16,18). The molecule has 1 fully saturated rings. The average Bonchev–Trinajstić information content (AvgIpc) is 3.08. The number of nitrogens with zero attached hydrogens (tertiary/aromatic N) is 2. The quantitative estimate of drug-likeness (QED) is 0.892. The van der Waals surface area contributed by atoms with Crippen molar-refractivity contribution in [3.63, 3.8) is 0 Å². The molecule has 1 aliphatic carbocycles. The second-order valence-corrected chi connectivity index (χ2v) is 5.90. The molecule has 0 unspecified atom stereocenters. The Balaban J connectivity index is 2.02. The van der Waals surface area contributed by atoms with Gasteiger partial charge in [0.2, 0.25) is 0 Å². The van der Waals surface area contributed by atoms with Gasteiger partial charge in [0.15, 0.2) is 0 Å². The topological polar surface area (TPSA) is 45.2 Å². The van der Waals surface area contributed by atoms with Crippen LogP contribution in [-0.2, 0) is 6.54 Å². The van der Waals surface area contributed by atoms with Crippen molar-refractivity contribution < 1.29 is 4.79 Å². The van der Waals surface area contributed by atoms with Crippen LogP contribution in [0.25, 0.3) is 0 Å². The van der Waals surface area contributed by atoms with E-state index < -0.39 is 0 Å². The summed E-state index contributed by atoms with van der Waals surface area (Å²) >= 11 is 0. The molecule has 0 aromatic carbocycles. The molecule has 2 rings (SSSR count). The highest BCUT2D eigenvalue weighted by Crippen LogP contribution is 2.28. The zero-order chi connectivity index (χ0) is 13.2. The molecule has 0 aliphatic heterocycles.